The van der Waals surface area contributed by atoms with Crippen molar-refractivity contribution >= 4 is 5.82 Å². The Bertz CT molecular complexity index is 429. The molecule has 98 valence electrons. The topological polar surface area (TPSA) is 59.1 Å². The lowest BCUT2D eigenvalue weighted by Gasteiger charge is -2.24. The van der Waals surface area contributed by atoms with Crippen LogP contribution < -0.4 is 15.4 Å². The summed E-state index contributed by atoms with van der Waals surface area (Å²) in [6, 6.07) is 1.03. The predicted octanol–water partition coefficient (Wildman–Crippen LogP) is 1.83. The Labute approximate surface area is 107 Å². The van der Waals surface area contributed by atoms with E-state index in [1.807, 2.05) is 0 Å². The number of fused-ring (bicyclic) bond motifs is 1. The Balaban J connectivity index is 1.83. The average molecular weight is 248 g/mol. The fourth-order valence-electron chi connectivity index (χ4n) is 2.80. The second-order valence-electron chi connectivity index (χ2n) is 5.07. The fourth-order valence-corrected chi connectivity index (χ4v) is 2.80. The van der Waals surface area contributed by atoms with Crippen LogP contribution in [-0.4, -0.2) is 23.1 Å². The second-order valence-corrected chi connectivity index (χ2v) is 5.07. The normalized spacial score (nSPS) is 19.6. The summed E-state index contributed by atoms with van der Waals surface area (Å²) in [5.74, 6) is 0.966. The lowest BCUT2D eigenvalue weighted by Crippen LogP contribution is -2.24. The zero-order chi connectivity index (χ0) is 12.4. The summed E-state index contributed by atoms with van der Waals surface area (Å²) < 4.78 is 5.18. The minimum atomic E-state index is 0.468. The number of aromatic nitrogens is 2. The van der Waals surface area contributed by atoms with Gasteiger partial charge in [0.15, 0.2) is 0 Å². The number of ether oxygens (including phenoxy) is 1. The highest BCUT2D eigenvalue weighted by atomic mass is 16.5. The lowest BCUT2D eigenvalue weighted by atomic mass is 9.95. The average Bonchev–Trinajstić information content (AvgIpc) is 2.88. The van der Waals surface area contributed by atoms with E-state index in [-0.39, 0.29) is 0 Å². The molecule has 1 aromatic heterocycles. The summed E-state index contributed by atoms with van der Waals surface area (Å²) in [5, 5.41) is 6.90. The van der Waals surface area contributed by atoms with Crippen LogP contribution >= 0.6 is 0 Å². The monoisotopic (exact) mass is 248 g/mol. The van der Waals surface area contributed by atoms with Gasteiger partial charge in [0.05, 0.1) is 12.8 Å². The Morgan fingerprint density at radius 1 is 1.17 bits per heavy atom. The van der Waals surface area contributed by atoms with E-state index in [2.05, 4.69) is 20.6 Å². The van der Waals surface area contributed by atoms with Gasteiger partial charge in [0.1, 0.15) is 5.82 Å². The van der Waals surface area contributed by atoms with Crippen LogP contribution in [0.15, 0.2) is 0 Å². The van der Waals surface area contributed by atoms with E-state index < -0.39 is 0 Å². The first-order valence-corrected chi connectivity index (χ1v) is 6.78. The first-order chi connectivity index (χ1) is 8.86. The molecule has 5 nitrogen and oxygen atoms in total. The molecule has 1 aliphatic heterocycles. The van der Waals surface area contributed by atoms with Crippen molar-refractivity contribution in [1.29, 1.82) is 0 Å². The van der Waals surface area contributed by atoms with Gasteiger partial charge < -0.3 is 15.4 Å². The van der Waals surface area contributed by atoms with Gasteiger partial charge in [-0.3, -0.25) is 0 Å². The van der Waals surface area contributed by atoms with E-state index >= 15 is 0 Å². The van der Waals surface area contributed by atoms with Gasteiger partial charge in [-0.05, 0) is 12.8 Å². The SMILES string of the molecule is COc1nc2c(c(NC3CCCCC3)n1)CNC2. The number of hydrogen-bond acceptors (Lipinski definition) is 5. The number of rotatable bonds is 3. The minimum Gasteiger partial charge on any atom is -0.467 e. The highest BCUT2D eigenvalue weighted by Gasteiger charge is 2.22. The molecule has 0 amide bonds. The lowest BCUT2D eigenvalue weighted by molar-refractivity contribution is 0.378. The van der Waals surface area contributed by atoms with Crippen LogP contribution in [0, 0.1) is 0 Å². The van der Waals surface area contributed by atoms with Gasteiger partial charge in [-0.1, -0.05) is 19.3 Å². The third-order valence-corrected chi connectivity index (χ3v) is 3.80. The molecule has 2 heterocycles. The molecule has 18 heavy (non-hydrogen) atoms. The smallest absolute Gasteiger partial charge is 0.318 e. The number of hydrogen-bond donors (Lipinski definition) is 2. The van der Waals surface area contributed by atoms with Gasteiger partial charge >= 0.3 is 6.01 Å². The largest absolute Gasteiger partial charge is 0.467 e. The van der Waals surface area contributed by atoms with Gasteiger partial charge in [0.25, 0.3) is 0 Å². The number of methoxy groups -OCH3 is 1. The number of nitrogens with one attached hydrogen (secondary N) is 2. The van der Waals surface area contributed by atoms with E-state index in [4.69, 9.17) is 4.74 Å². The third-order valence-electron chi connectivity index (χ3n) is 3.80. The molecule has 2 N–H and O–H groups in total. The van der Waals surface area contributed by atoms with Crippen LogP contribution in [0.5, 0.6) is 6.01 Å². The molecular formula is C13H20N4O. The molecule has 2 aliphatic rings. The molecule has 0 spiro atoms. The van der Waals surface area contributed by atoms with E-state index in [1.54, 1.807) is 7.11 Å². The molecule has 5 heteroatoms. The van der Waals surface area contributed by atoms with E-state index in [1.165, 1.54) is 37.7 Å². The van der Waals surface area contributed by atoms with E-state index in [0.29, 0.717) is 12.1 Å². The Morgan fingerprint density at radius 3 is 2.78 bits per heavy atom. The molecular weight excluding hydrogens is 228 g/mol. The van der Waals surface area contributed by atoms with Crippen molar-refractivity contribution in [3.8, 4) is 6.01 Å². The third kappa shape index (κ3) is 2.27. The van der Waals surface area contributed by atoms with Gasteiger partial charge in [-0.15, -0.1) is 0 Å². The Hall–Kier alpha value is -1.36. The molecule has 1 aliphatic carbocycles. The van der Waals surface area contributed by atoms with Crippen molar-refractivity contribution < 1.29 is 4.74 Å². The zero-order valence-electron chi connectivity index (χ0n) is 10.8. The van der Waals surface area contributed by atoms with Gasteiger partial charge in [-0.25, -0.2) is 0 Å². The quantitative estimate of drug-likeness (QED) is 0.854. The maximum absolute atomic E-state index is 5.18. The van der Waals surface area contributed by atoms with Gasteiger partial charge in [0, 0.05) is 24.7 Å². The molecule has 0 unspecified atom stereocenters. The van der Waals surface area contributed by atoms with Gasteiger partial charge in [-0.2, -0.15) is 9.97 Å². The molecule has 0 aromatic carbocycles. The maximum Gasteiger partial charge on any atom is 0.318 e. The van der Waals surface area contributed by atoms with Crippen LogP contribution in [-0.2, 0) is 13.1 Å². The van der Waals surface area contributed by atoms with Crippen LogP contribution in [0.4, 0.5) is 5.82 Å². The highest BCUT2D eigenvalue weighted by molar-refractivity contribution is 5.49. The summed E-state index contributed by atoms with van der Waals surface area (Å²) in [5.41, 5.74) is 2.28. The minimum absolute atomic E-state index is 0.468. The van der Waals surface area contributed by atoms with Crippen molar-refractivity contribution in [2.75, 3.05) is 12.4 Å². The van der Waals surface area contributed by atoms with Crippen molar-refractivity contribution in [3.05, 3.63) is 11.3 Å². The van der Waals surface area contributed by atoms with E-state index in [9.17, 15) is 0 Å². The molecule has 0 atom stereocenters. The molecule has 0 saturated heterocycles. The molecule has 1 fully saturated rings. The van der Waals surface area contributed by atoms with Crippen LogP contribution in [0.1, 0.15) is 43.4 Å². The molecule has 3 rings (SSSR count). The Morgan fingerprint density at radius 2 is 2.00 bits per heavy atom. The second kappa shape index (κ2) is 5.10. The zero-order valence-corrected chi connectivity index (χ0v) is 10.8. The summed E-state index contributed by atoms with van der Waals surface area (Å²) >= 11 is 0. The first kappa shape index (κ1) is 11.7. The maximum atomic E-state index is 5.18. The van der Waals surface area contributed by atoms with Crippen molar-refractivity contribution in [2.24, 2.45) is 0 Å². The van der Waals surface area contributed by atoms with Crippen LogP contribution in [0.3, 0.4) is 0 Å². The molecule has 1 saturated carbocycles. The summed E-state index contributed by atoms with van der Waals surface area (Å²) in [6.07, 6.45) is 6.49. The van der Waals surface area contributed by atoms with Crippen LogP contribution in [0.2, 0.25) is 0 Å². The fraction of sp³-hybridized carbons (Fsp3) is 0.692. The van der Waals surface area contributed by atoms with Crippen LogP contribution in [0.25, 0.3) is 0 Å². The number of anilines is 1. The van der Waals surface area contributed by atoms with E-state index in [0.717, 1.165) is 24.6 Å². The van der Waals surface area contributed by atoms with Crippen molar-refractivity contribution in [3.63, 3.8) is 0 Å². The molecule has 0 radical (unpaired) electrons. The summed E-state index contributed by atoms with van der Waals surface area (Å²) in [4.78, 5) is 8.86. The highest BCUT2D eigenvalue weighted by Crippen LogP contribution is 2.27. The summed E-state index contributed by atoms with van der Waals surface area (Å²) in [7, 11) is 1.62. The predicted molar refractivity (Wildman–Crippen MR) is 69.6 cm³/mol. The summed E-state index contributed by atoms with van der Waals surface area (Å²) in [6.45, 7) is 1.67. The first-order valence-electron chi connectivity index (χ1n) is 6.78. The molecule has 0 bridgehead atoms. The van der Waals surface area contributed by atoms with Crippen molar-refractivity contribution in [2.45, 2.75) is 51.2 Å². The van der Waals surface area contributed by atoms with Gasteiger partial charge in [0.2, 0.25) is 0 Å². The van der Waals surface area contributed by atoms with Crippen molar-refractivity contribution in [1.82, 2.24) is 15.3 Å². The molecule has 1 aromatic rings. The Kier molecular flexibility index (Phi) is 3.32. The standard InChI is InChI=1S/C13H20N4O/c1-18-13-16-11-8-14-7-10(11)12(17-13)15-9-5-3-2-4-6-9/h9,14H,2-8H2,1H3,(H,15,16,17). The number of nitrogens with zero attached hydrogens (tertiary/aromatic N) is 2.